The number of hydrogen-bond acceptors (Lipinski definition) is 7. The van der Waals surface area contributed by atoms with Crippen LogP contribution in [0.5, 0.6) is 5.75 Å². The van der Waals surface area contributed by atoms with Crippen LogP contribution in [0.4, 0.5) is 0 Å². The Morgan fingerprint density at radius 1 is 1.08 bits per heavy atom. The average Bonchev–Trinajstić information content (AvgIpc) is 2.83. The topological polar surface area (TPSA) is 120 Å². The summed E-state index contributed by atoms with van der Waals surface area (Å²) in [5, 5.41) is 19.0. The number of benzene rings is 2. The molecule has 200 valence electrons. The molecule has 1 heterocycles. The Hall–Kier alpha value is -2.01. The standard InChI is InChI=1S/C27H40N2O6S/c1-27(2)34-20-23-18-22(12-13-26(23)35-27)25(30)19-29-14-5-3-4-6-15-33-16-8-10-21-9-7-11-24(17-21)36(28,31)32/h7,9,11-13,17-18,25,29-30H,3-6,8,10,14-16,19-20H2,1-2H3,(H2,28,31,32)/t25-/m0/s1. The second-order valence-electron chi connectivity index (χ2n) is 9.70. The van der Waals surface area contributed by atoms with E-state index >= 15 is 0 Å². The smallest absolute Gasteiger partial charge is 0.238 e. The summed E-state index contributed by atoms with van der Waals surface area (Å²) in [4.78, 5) is 0.151. The molecule has 0 aromatic heterocycles. The fourth-order valence-electron chi connectivity index (χ4n) is 4.09. The fraction of sp³-hybridized carbons (Fsp3) is 0.556. The first-order chi connectivity index (χ1) is 17.1. The number of rotatable bonds is 15. The number of sulfonamides is 1. The lowest BCUT2D eigenvalue weighted by atomic mass is 10.0. The average molecular weight is 521 g/mol. The van der Waals surface area contributed by atoms with Gasteiger partial charge in [0.25, 0.3) is 0 Å². The molecule has 2 aromatic carbocycles. The Balaban J connectivity index is 1.18. The Bertz CT molecular complexity index is 1070. The fourth-order valence-corrected chi connectivity index (χ4v) is 4.67. The van der Waals surface area contributed by atoms with Gasteiger partial charge in [0, 0.05) is 39.2 Å². The van der Waals surface area contributed by atoms with Gasteiger partial charge in [-0.25, -0.2) is 13.6 Å². The minimum Gasteiger partial charge on any atom is -0.463 e. The molecule has 1 aliphatic rings. The van der Waals surface area contributed by atoms with E-state index in [1.54, 1.807) is 12.1 Å². The zero-order chi connectivity index (χ0) is 26.0. The molecule has 4 N–H and O–H groups in total. The zero-order valence-corrected chi connectivity index (χ0v) is 22.2. The molecule has 9 heteroatoms. The molecule has 0 saturated heterocycles. The highest BCUT2D eigenvalue weighted by Gasteiger charge is 2.27. The van der Waals surface area contributed by atoms with Gasteiger partial charge in [-0.05, 0) is 67.6 Å². The van der Waals surface area contributed by atoms with Gasteiger partial charge in [0.15, 0.2) is 0 Å². The maximum absolute atomic E-state index is 11.4. The van der Waals surface area contributed by atoms with Gasteiger partial charge in [-0.1, -0.05) is 31.0 Å². The van der Waals surface area contributed by atoms with Crippen LogP contribution < -0.4 is 15.2 Å². The van der Waals surface area contributed by atoms with Crippen molar-refractivity contribution < 1.29 is 27.7 Å². The van der Waals surface area contributed by atoms with Gasteiger partial charge >= 0.3 is 0 Å². The number of ether oxygens (including phenoxy) is 3. The minimum absolute atomic E-state index is 0.151. The maximum Gasteiger partial charge on any atom is 0.238 e. The Kier molecular flexibility index (Phi) is 10.7. The SMILES string of the molecule is CC1(C)OCc2cc([C@@H](O)CNCCCCCCOCCCc3cccc(S(N)(=O)=O)c3)ccc2O1. The van der Waals surface area contributed by atoms with E-state index in [0.29, 0.717) is 19.8 Å². The molecule has 1 atom stereocenters. The number of aliphatic hydroxyl groups is 1. The molecule has 0 amide bonds. The molecule has 2 aromatic rings. The van der Waals surface area contributed by atoms with Crippen LogP contribution in [0.1, 0.15) is 68.7 Å². The van der Waals surface area contributed by atoms with Crippen molar-refractivity contribution in [1.29, 1.82) is 0 Å². The van der Waals surface area contributed by atoms with Crippen LogP contribution in [0.2, 0.25) is 0 Å². The maximum atomic E-state index is 11.4. The highest BCUT2D eigenvalue weighted by molar-refractivity contribution is 7.89. The van der Waals surface area contributed by atoms with Crippen LogP contribution in [0.3, 0.4) is 0 Å². The molecule has 0 spiro atoms. The van der Waals surface area contributed by atoms with Crippen molar-refractivity contribution in [3.8, 4) is 5.75 Å². The van der Waals surface area contributed by atoms with Gasteiger partial charge in [-0.15, -0.1) is 0 Å². The van der Waals surface area contributed by atoms with Crippen molar-refractivity contribution in [2.75, 3.05) is 26.3 Å². The molecule has 0 aliphatic carbocycles. The molecule has 0 unspecified atom stereocenters. The lowest BCUT2D eigenvalue weighted by Crippen LogP contribution is -2.35. The van der Waals surface area contributed by atoms with E-state index in [9.17, 15) is 13.5 Å². The Morgan fingerprint density at radius 3 is 2.67 bits per heavy atom. The predicted octanol–water partition coefficient (Wildman–Crippen LogP) is 3.81. The molecule has 0 bridgehead atoms. The van der Waals surface area contributed by atoms with Crippen molar-refractivity contribution in [3.05, 3.63) is 59.2 Å². The van der Waals surface area contributed by atoms with Crippen LogP contribution >= 0.6 is 0 Å². The van der Waals surface area contributed by atoms with E-state index in [1.807, 2.05) is 38.1 Å². The highest BCUT2D eigenvalue weighted by atomic mass is 32.2. The van der Waals surface area contributed by atoms with Crippen molar-refractivity contribution in [2.45, 2.75) is 75.8 Å². The largest absolute Gasteiger partial charge is 0.463 e. The third kappa shape index (κ3) is 9.46. The number of aliphatic hydroxyl groups excluding tert-OH is 1. The second kappa shape index (κ2) is 13.5. The summed E-state index contributed by atoms with van der Waals surface area (Å²) in [6, 6.07) is 12.5. The van der Waals surface area contributed by atoms with E-state index in [2.05, 4.69) is 5.32 Å². The number of nitrogens with two attached hydrogens (primary N) is 1. The number of unbranched alkanes of at least 4 members (excludes halogenated alkanes) is 3. The lowest BCUT2D eigenvalue weighted by molar-refractivity contribution is -0.180. The van der Waals surface area contributed by atoms with Crippen LogP contribution in [-0.2, 0) is 32.5 Å². The third-order valence-corrected chi connectivity index (χ3v) is 7.02. The summed E-state index contributed by atoms with van der Waals surface area (Å²) in [5.41, 5.74) is 2.77. The molecule has 0 radical (unpaired) electrons. The summed E-state index contributed by atoms with van der Waals surface area (Å²) in [5.74, 6) is 0.196. The first-order valence-electron chi connectivity index (χ1n) is 12.7. The molecule has 3 rings (SSSR count). The van der Waals surface area contributed by atoms with Crippen molar-refractivity contribution in [1.82, 2.24) is 5.32 Å². The van der Waals surface area contributed by atoms with Gasteiger partial charge in [0.1, 0.15) is 5.75 Å². The predicted molar refractivity (Wildman–Crippen MR) is 139 cm³/mol. The quantitative estimate of drug-likeness (QED) is 0.305. The minimum atomic E-state index is -3.66. The van der Waals surface area contributed by atoms with Gasteiger partial charge in [-0.3, -0.25) is 0 Å². The van der Waals surface area contributed by atoms with Crippen LogP contribution in [-0.4, -0.2) is 45.6 Å². The van der Waals surface area contributed by atoms with E-state index in [-0.39, 0.29) is 4.90 Å². The lowest BCUT2D eigenvalue weighted by Gasteiger charge is -2.33. The zero-order valence-electron chi connectivity index (χ0n) is 21.4. The first-order valence-corrected chi connectivity index (χ1v) is 14.2. The number of nitrogens with one attached hydrogen (secondary N) is 1. The van der Waals surface area contributed by atoms with Crippen molar-refractivity contribution >= 4 is 10.0 Å². The van der Waals surface area contributed by atoms with Crippen molar-refractivity contribution in [3.63, 3.8) is 0 Å². The Labute approximate surface area is 215 Å². The van der Waals surface area contributed by atoms with E-state index in [1.165, 1.54) is 6.07 Å². The van der Waals surface area contributed by atoms with Gasteiger partial charge in [0.05, 0.1) is 17.6 Å². The molecular weight excluding hydrogens is 480 g/mol. The summed E-state index contributed by atoms with van der Waals surface area (Å²) < 4.78 is 40.0. The molecule has 1 aliphatic heterocycles. The third-order valence-electron chi connectivity index (χ3n) is 6.11. The van der Waals surface area contributed by atoms with E-state index < -0.39 is 21.9 Å². The molecule has 0 saturated carbocycles. The number of fused-ring (bicyclic) bond motifs is 1. The molecular formula is C27H40N2O6S. The van der Waals surface area contributed by atoms with Crippen molar-refractivity contribution in [2.24, 2.45) is 5.14 Å². The summed E-state index contributed by atoms with van der Waals surface area (Å²) >= 11 is 0. The molecule has 0 fully saturated rings. The normalized spacial score (nSPS) is 15.8. The van der Waals surface area contributed by atoms with Crippen LogP contribution in [0.25, 0.3) is 0 Å². The summed E-state index contributed by atoms with van der Waals surface area (Å²) in [6.07, 6.45) is 5.29. The molecule has 8 nitrogen and oxygen atoms in total. The number of primary sulfonamides is 1. The number of hydrogen-bond donors (Lipinski definition) is 3. The highest BCUT2D eigenvalue weighted by Crippen LogP contribution is 2.32. The monoisotopic (exact) mass is 520 g/mol. The van der Waals surface area contributed by atoms with Gasteiger partial charge in [0.2, 0.25) is 15.8 Å². The van der Waals surface area contributed by atoms with Crippen LogP contribution in [0, 0.1) is 0 Å². The Morgan fingerprint density at radius 2 is 1.86 bits per heavy atom. The second-order valence-corrected chi connectivity index (χ2v) is 11.3. The molecule has 36 heavy (non-hydrogen) atoms. The summed E-state index contributed by atoms with van der Waals surface area (Å²) in [6.45, 7) is 7.01. The van der Waals surface area contributed by atoms with Crippen LogP contribution in [0.15, 0.2) is 47.4 Å². The summed E-state index contributed by atoms with van der Waals surface area (Å²) in [7, 11) is -3.66. The van der Waals surface area contributed by atoms with E-state index in [0.717, 1.165) is 74.1 Å². The first kappa shape index (κ1) is 28.6. The van der Waals surface area contributed by atoms with Gasteiger partial charge < -0.3 is 24.6 Å². The van der Waals surface area contributed by atoms with Gasteiger partial charge in [-0.2, -0.15) is 0 Å². The van der Waals surface area contributed by atoms with E-state index in [4.69, 9.17) is 19.3 Å². The number of aryl methyl sites for hydroxylation is 1.